The van der Waals surface area contributed by atoms with Gasteiger partial charge in [0.2, 0.25) is 0 Å². The number of aryl methyl sites for hydroxylation is 1. The van der Waals surface area contributed by atoms with Gasteiger partial charge < -0.3 is 16.0 Å². The number of H-pyrrole nitrogens is 1. The Bertz CT molecular complexity index is 462. The van der Waals surface area contributed by atoms with E-state index in [1.54, 1.807) is 6.20 Å². The van der Waals surface area contributed by atoms with Crippen LogP contribution < -0.4 is 11.1 Å². The number of rotatable bonds is 3. The van der Waals surface area contributed by atoms with E-state index in [0.717, 1.165) is 22.8 Å². The number of nitrogen functional groups attached to an aromatic ring is 1. The number of nitrogens with zero attached hydrogens (tertiary/aromatic N) is 1. The van der Waals surface area contributed by atoms with Gasteiger partial charge in [-0.05, 0) is 25.5 Å². The molecule has 0 aliphatic carbocycles. The Morgan fingerprint density at radius 2 is 2.25 bits per heavy atom. The lowest BCUT2D eigenvalue weighted by atomic mass is 10.1. The number of para-hydroxylation sites is 1. The van der Waals surface area contributed by atoms with Crippen molar-refractivity contribution in [1.29, 1.82) is 0 Å². The van der Waals surface area contributed by atoms with Gasteiger partial charge in [-0.2, -0.15) is 0 Å². The lowest BCUT2D eigenvalue weighted by Gasteiger charge is -2.15. The van der Waals surface area contributed by atoms with Crippen molar-refractivity contribution in [2.24, 2.45) is 0 Å². The maximum Gasteiger partial charge on any atom is 0.128 e. The lowest BCUT2D eigenvalue weighted by molar-refractivity contribution is 0.810. The van der Waals surface area contributed by atoms with Crippen LogP contribution in [0.1, 0.15) is 24.4 Å². The molecular weight excluding hydrogens is 200 g/mol. The van der Waals surface area contributed by atoms with Crippen molar-refractivity contribution in [2.75, 3.05) is 11.1 Å². The van der Waals surface area contributed by atoms with Gasteiger partial charge in [0.25, 0.3) is 0 Å². The second-order valence-electron chi connectivity index (χ2n) is 3.88. The molecule has 0 aliphatic heterocycles. The molecule has 2 aromatic rings. The molecule has 4 nitrogen and oxygen atoms in total. The molecule has 0 amide bonds. The maximum absolute atomic E-state index is 5.99. The molecule has 84 valence electrons. The normalized spacial score (nSPS) is 12.4. The minimum Gasteiger partial charge on any atom is -0.397 e. The molecular formula is C12H16N4. The van der Waals surface area contributed by atoms with Crippen molar-refractivity contribution in [3.63, 3.8) is 0 Å². The minimum absolute atomic E-state index is 0.110. The molecule has 1 aromatic carbocycles. The highest BCUT2D eigenvalue weighted by Crippen LogP contribution is 2.25. The standard InChI is InChI=1S/C12H16N4/c1-8-4-3-5-10(11(8)13)16-9(2)12-14-6-7-15-12/h3-7,9,16H,13H2,1-2H3,(H,14,15). The average molecular weight is 216 g/mol. The number of hydrogen-bond acceptors (Lipinski definition) is 3. The van der Waals surface area contributed by atoms with E-state index < -0.39 is 0 Å². The van der Waals surface area contributed by atoms with Gasteiger partial charge in [0, 0.05) is 12.4 Å². The molecule has 0 bridgehead atoms. The molecule has 1 atom stereocenters. The molecule has 4 heteroatoms. The molecule has 0 saturated carbocycles. The third-order valence-corrected chi connectivity index (χ3v) is 2.63. The number of nitrogens with two attached hydrogens (primary N) is 1. The molecule has 0 saturated heterocycles. The fraction of sp³-hybridized carbons (Fsp3) is 0.250. The van der Waals surface area contributed by atoms with Crippen LogP contribution in [0.5, 0.6) is 0 Å². The second kappa shape index (κ2) is 4.26. The van der Waals surface area contributed by atoms with E-state index in [1.807, 2.05) is 38.2 Å². The molecule has 0 aliphatic rings. The molecule has 16 heavy (non-hydrogen) atoms. The highest BCUT2D eigenvalue weighted by atomic mass is 15.0. The summed E-state index contributed by atoms with van der Waals surface area (Å²) in [5.41, 5.74) is 8.81. The van der Waals surface area contributed by atoms with E-state index in [0.29, 0.717) is 0 Å². The van der Waals surface area contributed by atoms with Crippen molar-refractivity contribution in [1.82, 2.24) is 9.97 Å². The number of anilines is 2. The van der Waals surface area contributed by atoms with Crippen LogP contribution >= 0.6 is 0 Å². The highest BCUT2D eigenvalue weighted by Gasteiger charge is 2.09. The van der Waals surface area contributed by atoms with Crippen LogP contribution in [-0.4, -0.2) is 9.97 Å². The maximum atomic E-state index is 5.99. The number of aromatic amines is 1. The van der Waals surface area contributed by atoms with Crippen LogP contribution in [0, 0.1) is 6.92 Å². The minimum atomic E-state index is 0.110. The summed E-state index contributed by atoms with van der Waals surface area (Å²) in [5.74, 6) is 0.904. The van der Waals surface area contributed by atoms with E-state index >= 15 is 0 Å². The van der Waals surface area contributed by atoms with Gasteiger partial charge in [-0.1, -0.05) is 12.1 Å². The van der Waals surface area contributed by atoms with E-state index in [9.17, 15) is 0 Å². The topological polar surface area (TPSA) is 66.7 Å². The Balaban J connectivity index is 2.18. The first-order valence-electron chi connectivity index (χ1n) is 5.29. The molecule has 4 N–H and O–H groups in total. The summed E-state index contributed by atoms with van der Waals surface area (Å²) >= 11 is 0. The molecule has 1 heterocycles. The average Bonchev–Trinajstić information content (AvgIpc) is 2.78. The van der Waals surface area contributed by atoms with Crippen molar-refractivity contribution in [3.05, 3.63) is 42.0 Å². The van der Waals surface area contributed by atoms with Crippen LogP contribution in [0.3, 0.4) is 0 Å². The number of nitrogens with one attached hydrogen (secondary N) is 2. The Kier molecular flexibility index (Phi) is 2.81. The third kappa shape index (κ3) is 2.00. The Morgan fingerprint density at radius 1 is 1.44 bits per heavy atom. The monoisotopic (exact) mass is 216 g/mol. The van der Waals surface area contributed by atoms with Gasteiger partial charge in [-0.25, -0.2) is 4.98 Å². The summed E-state index contributed by atoms with van der Waals surface area (Å²) in [6.45, 7) is 4.04. The first-order valence-corrected chi connectivity index (χ1v) is 5.29. The van der Waals surface area contributed by atoms with Crippen LogP contribution in [0.2, 0.25) is 0 Å². The van der Waals surface area contributed by atoms with Gasteiger partial charge in [0.05, 0.1) is 17.4 Å². The molecule has 0 fully saturated rings. The van der Waals surface area contributed by atoms with Gasteiger partial charge in [0.1, 0.15) is 5.82 Å². The Labute approximate surface area is 94.9 Å². The van der Waals surface area contributed by atoms with Gasteiger partial charge >= 0.3 is 0 Å². The lowest BCUT2D eigenvalue weighted by Crippen LogP contribution is -2.10. The van der Waals surface area contributed by atoms with E-state index in [1.165, 1.54) is 0 Å². The summed E-state index contributed by atoms with van der Waals surface area (Å²) in [7, 11) is 0. The predicted molar refractivity (Wildman–Crippen MR) is 66.2 cm³/mol. The highest BCUT2D eigenvalue weighted by molar-refractivity contribution is 5.69. The predicted octanol–water partition coefficient (Wildman–Crippen LogP) is 2.47. The van der Waals surface area contributed by atoms with Crippen LogP contribution in [0.25, 0.3) is 0 Å². The summed E-state index contributed by atoms with van der Waals surface area (Å²) in [6.07, 6.45) is 3.56. The smallest absolute Gasteiger partial charge is 0.128 e. The van der Waals surface area contributed by atoms with Crippen LogP contribution in [0.15, 0.2) is 30.6 Å². The number of benzene rings is 1. The molecule has 1 unspecified atom stereocenters. The van der Waals surface area contributed by atoms with E-state index in [-0.39, 0.29) is 6.04 Å². The fourth-order valence-corrected chi connectivity index (χ4v) is 1.62. The van der Waals surface area contributed by atoms with E-state index in [2.05, 4.69) is 15.3 Å². The number of hydrogen-bond donors (Lipinski definition) is 3. The summed E-state index contributed by atoms with van der Waals surface area (Å²) in [4.78, 5) is 7.28. The molecule has 1 aromatic heterocycles. The zero-order valence-electron chi connectivity index (χ0n) is 9.49. The van der Waals surface area contributed by atoms with Gasteiger partial charge in [-0.3, -0.25) is 0 Å². The SMILES string of the molecule is Cc1cccc(NC(C)c2ncc[nH]2)c1N. The molecule has 2 rings (SSSR count). The zero-order chi connectivity index (χ0) is 11.5. The molecule has 0 radical (unpaired) electrons. The largest absolute Gasteiger partial charge is 0.397 e. The van der Waals surface area contributed by atoms with Gasteiger partial charge in [-0.15, -0.1) is 0 Å². The number of aromatic nitrogens is 2. The Morgan fingerprint density at radius 3 is 2.94 bits per heavy atom. The van der Waals surface area contributed by atoms with Crippen molar-refractivity contribution < 1.29 is 0 Å². The van der Waals surface area contributed by atoms with Crippen LogP contribution in [-0.2, 0) is 0 Å². The van der Waals surface area contributed by atoms with Crippen molar-refractivity contribution in [3.8, 4) is 0 Å². The Hall–Kier alpha value is -1.97. The quantitative estimate of drug-likeness (QED) is 0.690. The van der Waals surface area contributed by atoms with E-state index in [4.69, 9.17) is 5.73 Å². The second-order valence-corrected chi connectivity index (χ2v) is 3.88. The summed E-state index contributed by atoms with van der Waals surface area (Å²) in [6, 6.07) is 6.07. The first-order chi connectivity index (χ1) is 7.68. The third-order valence-electron chi connectivity index (χ3n) is 2.63. The first kappa shape index (κ1) is 10.5. The summed E-state index contributed by atoms with van der Waals surface area (Å²) < 4.78 is 0. The zero-order valence-corrected chi connectivity index (χ0v) is 9.49. The fourth-order valence-electron chi connectivity index (χ4n) is 1.62. The van der Waals surface area contributed by atoms with Gasteiger partial charge in [0.15, 0.2) is 0 Å². The van der Waals surface area contributed by atoms with Crippen molar-refractivity contribution >= 4 is 11.4 Å². The van der Waals surface area contributed by atoms with Crippen LogP contribution in [0.4, 0.5) is 11.4 Å². The number of imidazole rings is 1. The summed E-state index contributed by atoms with van der Waals surface area (Å²) in [5, 5.41) is 3.33. The van der Waals surface area contributed by atoms with Crippen molar-refractivity contribution in [2.45, 2.75) is 19.9 Å². The molecule has 0 spiro atoms.